The van der Waals surface area contributed by atoms with Crippen molar-refractivity contribution in [1.82, 2.24) is 0 Å². The minimum Gasteiger partial charge on any atom is -0.324 e. The first-order valence-corrected chi connectivity index (χ1v) is 10.9. The molecule has 1 atom stereocenters. The summed E-state index contributed by atoms with van der Waals surface area (Å²) in [6.07, 6.45) is 1.44. The lowest BCUT2D eigenvalue weighted by molar-refractivity contribution is -0.117. The second-order valence-corrected chi connectivity index (χ2v) is 9.00. The van der Waals surface area contributed by atoms with E-state index in [0.29, 0.717) is 22.8 Å². The molecule has 0 saturated carbocycles. The van der Waals surface area contributed by atoms with E-state index in [0.717, 1.165) is 22.9 Å². The molecule has 0 spiro atoms. The number of aryl methyl sites for hydroxylation is 2. The quantitative estimate of drug-likeness (QED) is 0.767. The lowest BCUT2D eigenvalue weighted by Gasteiger charge is -2.30. The maximum Gasteiger partial charge on any atom is 0.248 e. The van der Waals surface area contributed by atoms with Gasteiger partial charge in [-0.3, -0.25) is 9.10 Å². The average Bonchev–Trinajstić information content (AvgIpc) is 2.54. The lowest BCUT2D eigenvalue weighted by atomic mass is 10.1. The van der Waals surface area contributed by atoms with Crippen molar-refractivity contribution in [3.63, 3.8) is 0 Å². The third-order valence-electron chi connectivity index (χ3n) is 4.32. The molecule has 0 aliphatic carbocycles. The van der Waals surface area contributed by atoms with Gasteiger partial charge in [0, 0.05) is 10.7 Å². The minimum absolute atomic E-state index is 0.325. The van der Waals surface area contributed by atoms with Gasteiger partial charge in [0.15, 0.2) is 0 Å². The summed E-state index contributed by atoms with van der Waals surface area (Å²) in [5, 5.41) is 3.36. The van der Waals surface area contributed by atoms with Gasteiger partial charge in [0.25, 0.3) is 0 Å². The van der Waals surface area contributed by atoms with Crippen molar-refractivity contribution in [2.75, 3.05) is 15.9 Å². The number of sulfonamides is 1. The lowest BCUT2D eigenvalue weighted by Crippen LogP contribution is -2.47. The number of halogens is 1. The number of anilines is 2. The smallest absolute Gasteiger partial charge is 0.248 e. The normalized spacial score (nSPS) is 12.5. The number of nitrogens with one attached hydrogen (secondary N) is 1. The van der Waals surface area contributed by atoms with Crippen LogP contribution in [0.1, 0.15) is 30.0 Å². The van der Waals surface area contributed by atoms with E-state index in [1.54, 1.807) is 44.2 Å². The zero-order valence-corrected chi connectivity index (χ0v) is 17.8. The van der Waals surface area contributed by atoms with Gasteiger partial charge < -0.3 is 5.32 Å². The van der Waals surface area contributed by atoms with Crippen LogP contribution in [0.4, 0.5) is 11.4 Å². The molecule has 0 heterocycles. The number of hydrogen-bond acceptors (Lipinski definition) is 3. The Labute approximate surface area is 166 Å². The van der Waals surface area contributed by atoms with Crippen LogP contribution < -0.4 is 9.62 Å². The van der Waals surface area contributed by atoms with Gasteiger partial charge in [-0.15, -0.1) is 0 Å². The summed E-state index contributed by atoms with van der Waals surface area (Å²) in [6, 6.07) is 9.85. The van der Waals surface area contributed by atoms with Crippen LogP contribution in [0.5, 0.6) is 0 Å². The van der Waals surface area contributed by atoms with Crippen molar-refractivity contribution in [3.05, 3.63) is 58.1 Å². The van der Waals surface area contributed by atoms with Gasteiger partial charge in [-0.2, -0.15) is 0 Å². The summed E-state index contributed by atoms with van der Waals surface area (Å²) < 4.78 is 26.3. The molecule has 27 heavy (non-hydrogen) atoms. The summed E-state index contributed by atoms with van der Waals surface area (Å²) in [5.41, 5.74) is 3.65. The zero-order valence-electron chi connectivity index (χ0n) is 16.2. The second kappa shape index (κ2) is 8.31. The molecule has 0 radical (unpaired) electrons. The largest absolute Gasteiger partial charge is 0.324 e. The van der Waals surface area contributed by atoms with Crippen molar-refractivity contribution in [3.8, 4) is 0 Å². The molecule has 7 heteroatoms. The maximum atomic E-state index is 13.0. The Bertz CT molecular complexity index is 937. The monoisotopic (exact) mass is 408 g/mol. The van der Waals surface area contributed by atoms with Crippen LogP contribution in [0.2, 0.25) is 5.02 Å². The standard InChI is InChI=1S/C20H25ClN2O3S/c1-6-19(20(24)22-18-9-7-8-17(21)15(18)4)23(27(5,25)26)16-11-13(2)10-14(3)12-16/h7-12,19H,6H2,1-5H3,(H,22,24)/t19-/m0/s1. The molecule has 2 rings (SSSR count). The van der Waals surface area contributed by atoms with Gasteiger partial charge in [-0.25, -0.2) is 8.42 Å². The number of amides is 1. The Hall–Kier alpha value is -2.05. The van der Waals surface area contributed by atoms with E-state index in [2.05, 4.69) is 5.32 Å². The van der Waals surface area contributed by atoms with Crippen molar-refractivity contribution in [2.45, 2.75) is 40.2 Å². The van der Waals surface area contributed by atoms with Gasteiger partial charge in [0.1, 0.15) is 6.04 Å². The molecule has 0 aliphatic rings. The summed E-state index contributed by atoms with van der Waals surface area (Å²) in [4.78, 5) is 13.0. The zero-order chi connectivity index (χ0) is 20.4. The van der Waals surface area contributed by atoms with Gasteiger partial charge in [0.05, 0.1) is 11.9 Å². The molecule has 0 bridgehead atoms. The molecule has 1 amide bonds. The Morgan fingerprint density at radius 3 is 2.26 bits per heavy atom. The predicted molar refractivity (Wildman–Crippen MR) is 112 cm³/mol. The van der Waals surface area contributed by atoms with E-state index in [9.17, 15) is 13.2 Å². The fourth-order valence-electron chi connectivity index (χ4n) is 3.10. The summed E-state index contributed by atoms with van der Waals surface area (Å²) >= 11 is 6.12. The van der Waals surface area contributed by atoms with Crippen LogP contribution in [-0.4, -0.2) is 26.6 Å². The predicted octanol–water partition coefficient (Wildman–Crippen LogP) is 4.45. The molecule has 0 aromatic heterocycles. The van der Waals surface area contributed by atoms with Crippen LogP contribution in [0.3, 0.4) is 0 Å². The van der Waals surface area contributed by atoms with E-state index in [4.69, 9.17) is 11.6 Å². The summed E-state index contributed by atoms with van der Waals surface area (Å²) in [5.74, 6) is -0.396. The van der Waals surface area contributed by atoms with Crippen molar-refractivity contribution >= 4 is 38.9 Å². The number of rotatable bonds is 6. The first kappa shape index (κ1) is 21.3. The first-order chi connectivity index (χ1) is 12.5. The number of carbonyl (C=O) groups is 1. The highest BCUT2D eigenvalue weighted by Crippen LogP contribution is 2.27. The highest BCUT2D eigenvalue weighted by molar-refractivity contribution is 7.92. The Morgan fingerprint density at radius 1 is 1.15 bits per heavy atom. The SMILES string of the molecule is CC[C@@H](C(=O)Nc1cccc(Cl)c1C)N(c1cc(C)cc(C)c1)S(C)(=O)=O. The number of nitrogens with zero attached hydrogens (tertiary/aromatic N) is 1. The third kappa shape index (κ3) is 5.02. The molecule has 0 aliphatic heterocycles. The van der Waals surface area contributed by atoms with Crippen LogP contribution in [-0.2, 0) is 14.8 Å². The topological polar surface area (TPSA) is 66.5 Å². The van der Waals surface area contributed by atoms with Gasteiger partial charge >= 0.3 is 0 Å². The van der Waals surface area contributed by atoms with Gasteiger partial charge in [-0.05, 0) is 68.1 Å². The third-order valence-corrected chi connectivity index (χ3v) is 5.91. The van der Waals surface area contributed by atoms with Crippen LogP contribution >= 0.6 is 11.6 Å². The van der Waals surface area contributed by atoms with Crippen molar-refractivity contribution in [2.24, 2.45) is 0 Å². The highest BCUT2D eigenvalue weighted by Gasteiger charge is 2.32. The molecular formula is C20H25ClN2O3S. The van der Waals surface area contributed by atoms with Crippen LogP contribution in [0.15, 0.2) is 36.4 Å². The van der Waals surface area contributed by atoms with E-state index < -0.39 is 22.0 Å². The van der Waals surface area contributed by atoms with E-state index in [1.165, 1.54) is 4.31 Å². The van der Waals surface area contributed by atoms with E-state index in [-0.39, 0.29) is 0 Å². The minimum atomic E-state index is -3.67. The van der Waals surface area contributed by atoms with E-state index in [1.807, 2.05) is 19.9 Å². The number of hydrogen-bond donors (Lipinski definition) is 1. The Kier molecular flexibility index (Phi) is 6.54. The van der Waals surface area contributed by atoms with E-state index >= 15 is 0 Å². The molecular weight excluding hydrogens is 384 g/mol. The molecule has 0 unspecified atom stereocenters. The fraction of sp³-hybridized carbons (Fsp3) is 0.350. The van der Waals surface area contributed by atoms with Gasteiger partial charge in [0.2, 0.25) is 15.9 Å². The molecule has 0 fully saturated rings. The van der Waals surface area contributed by atoms with Crippen molar-refractivity contribution in [1.29, 1.82) is 0 Å². The van der Waals surface area contributed by atoms with Crippen LogP contribution in [0.25, 0.3) is 0 Å². The summed E-state index contributed by atoms with van der Waals surface area (Å²) in [7, 11) is -3.67. The highest BCUT2D eigenvalue weighted by atomic mass is 35.5. The Morgan fingerprint density at radius 2 is 1.74 bits per heavy atom. The molecule has 2 aromatic rings. The number of benzene rings is 2. The van der Waals surface area contributed by atoms with Gasteiger partial charge in [-0.1, -0.05) is 30.7 Å². The molecule has 5 nitrogen and oxygen atoms in total. The molecule has 0 saturated heterocycles. The second-order valence-electron chi connectivity index (χ2n) is 6.73. The molecule has 1 N–H and O–H groups in total. The van der Waals surface area contributed by atoms with Crippen molar-refractivity contribution < 1.29 is 13.2 Å². The number of carbonyl (C=O) groups excluding carboxylic acids is 1. The Balaban J connectivity index is 2.46. The fourth-order valence-corrected chi connectivity index (χ4v) is 4.47. The average molecular weight is 409 g/mol. The van der Waals surface area contributed by atoms with Crippen LogP contribution in [0, 0.1) is 20.8 Å². The summed E-state index contributed by atoms with van der Waals surface area (Å²) in [6.45, 7) is 7.38. The maximum absolute atomic E-state index is 13.0. The first-order valence-electron chi connectivity index (χ1n) is 8.68. The molecule has 146 valence electrons. The molecule has 2 aromatic carbocycles.